The lowest BCUT2D eigenvalue weighted by Crippen LogP contribution is -2.29. The first-order chi connectivity index (χ1) is 10.6. The van der Waals surface area contributed by atoms with Crippen molar-refractivity contribution in [1.29, 1.82) is 0 Å². The molecule has 1 aliphatic carbocycles. The second-order valence-electron chi connectivity index (χ2n) is 5.90. The molecule has 0 aliphatic heterocycles. The lowest BCUT2D eigenvalue weighted by atomic mass is 10.0. The van der Waals surface area contributed by atoms with Gasteiger partial charge in [0, 0.05) is 12.5 Å². The maximum absolute atomic E-state index is 12.2. The van der Waals surface area contributed by atoms with Crippen LogP contribution in [0.15, 0.2) is 42.5 Å². The zero-order valence-electron chi connectivity index (χ0n) is 12.3. The molecule has 0 radical (unpaired) electrons. The molecule has 1 fully saturated rings. The van der Waals surface area contributed by atoms with Gasteiger partial charge in [0.15, 0.2) is 0 Å². The lowest BCUT2D eigenvalue weighted by Gasteiger charge is -2.12. The van der Waals surface area contributed by atoms with Crippen molar-refractivity contribution in [3.05, 3.63) is 48.0 Å². The highest BCUT2D eigenvalue weighted by atomic mass is 16.4. The average Bonchev–Trinajstić information content (AvgIpc) is 3.03. The molecule has 1 amide bonds. The molecule has 114 valence electrons. The van der Waals surface area contributed by atoms with Gasteiger partial charge < -0.3 is 10.4 Å². The molecule has 0 aromatic heterocycles. The fraction of sp³-hybridized carbons (Fsp3) is 0.333. The van der Waals surface area contributed by atoms with E-state index in [2.05, 4.69) is 17.4 Å². The number of nitrogens with one attached hydrogen (secondary N) is 1. The van der Waals surface area contributed by atoms with Crippen LogP contribution in [0, 0.1) is 11.8 Å². The molecular formula is C18H19NO3. The van der Waals surface area contributed by atoms with Gasteiger partial charge in [-0.2, -0.15) is 0 Å². The topological polar surface area (TPSA) is 66.4 Å². The molecule has 2 aromatic rings. The number of hydrogen-bond donors (Lipinski definition) is 2. The molecule has 1 aliphatic rings. The quantitative estimate of drug-likeness (QED) is 0.911. The molecule has 0 bridgehead atoms. The Morgan fingerprint density at radius 1 is 1.05 bits per heavy atom. The van der Waals surface area contributed by atoms with Gasteiger partial charge in [0.2, 0.25) is 5.91 Å². The molecule has 4 nitrogen and oxygen atoms in total. The zero-order valence-corrected chi connectivity index (χ0v) is 12.3. The Kier molecular flexibility index (Phi) is 4.09. The minimum Gasteiger partial charge on any atom is -0.481 e. The van der Waals surface area contributed by atoms with Crippen LogP contribution in [-0.4, -0.2) is 17.0 Å². The molecule has 3 rings (SSSR count). The highest BCUT2D eigenvalue weighted by Crippen LogP contribution is 2.31. The highest BCUT2D eigenvalue weighted by Gasteiger charge is 2.33. The van der Waals surface area contributed by atoms with Crippen LogP contribution in [0.4, 0.5) is 0 Å². The van der Waals surface area contributed by atoms with Crippen molar-refractivity contribution in [1.82, 2.24) is 5.32 Å². The third-order valence-electron chi connectivity index (χ3n) is 4.49. The first-order valence-corrected chi connectivity index (χ1v) is 7.62. The number of carbonyl (C=O) groups is 2. The zero-order chi connectivity index (χ0) is 15.5. The molecular weight excluding hydrogens is 278 g/mol. The minimum atomic E-state index is -0.788. The summed E-state index contributed by atoms with van der Waals surface area (Å²) in [5, 5.41) is 14.3. The van der Waals surface area contributed by atoms with Crippen LogP contribution in [-0.2, 0) is 16.1 Å². The van der Waals surface area contributed by atoms with Crippen LogP contribution in [0.1, 0.15) is 24.8 Å². The van der Waals surface area contributed by atoms with E-state index in [1.165, 1.54) is 0 Å². The van der Waals surface area contributed by atoms with E-state index in [1.807, 2.05) is 30.3 Å². The first-order valence-electron chi connectivity index (χ1n) is 7.62. The average molecular weight is 297 g/mol. The third kappa shape index (κ3) is 2.96. The molecule has 2 N–H and O–H groups in total. The highest BCUT2D eigenvalue weighted by molar-refractivity contribution is 5.86. The minimum absolute atomic E-state index is 0.0308. The summed E-state index contributed by atoms with van der Waals surface area (Å²) in [5.41, 5.74) is 1.08. The van der Waals surface area contributed by atoms with Crippen molar-refractivity contribution >= 4 is 22.6 Å². The first kappa shape index (κ1) is 14.6. The Labute approximate surface area is 129 Å². The van der Waals surface area contributed by atoms with Gasteiger partial charge in [0.05, 0.1) is 5.92 Å². The van der Waals surface area contributed by atoms with E-state index >= 15 is 0 Å². The Morgan fingerprint density at radius 3 is 2.55 bits per heavy atom. The number of fused-ring (bicyclic) bond motifs is 1. The second kappa shape index (κ2) is 6.18. The molecule has 2 aromatic carbocycles. The molecule has 0 saturated heterocycles. The van der Waals surface area contributed by atoms with Gasteiger partial charge in [0.1, 0.15) is 0 Å². The van der Waals surface area contributed by atoms with E-state index in [9.17, 15) is 9.59 Å². The molecule has 1 saturated carbocycles. The number of carboxylic acids is 1. The maximum atomic E-state index is 12.2. The van der Waals surface area contributed by atoms with Crippen molar-refractivity contribution in [2.45, 2.75) is 25.8 Å². The smallest absolute Gasteiger partial charge is 0.306 e. The largest absolute Gasteiger partial charge is 0.481 e. The summed E-state index contributed by atoms with van der Waals surface area (Å²) in [6.45, 7) is 0.481. The monoisotopic (exact) mass is 297 g/mol. The van der Waals surface area contributed by atoms with Gasteiger partial charge in [0.25, 0.3) is 0 Å². The number of hydrogen-bond acceptors (Lipinski definition) is 2. The number of carbonyl (C=O) groups excluding carboxylic acids is 1. The predicted octanol–water partition coefficient (Wildman–Crippen LogP) is 2.96. The molecule has 22 heavy (non-hydrogen) atoms. The second-order valence-corrected chi connectivity index (χ2v) is 5.90. The van der Waals surface area contributed by atoms with Gasteiger partial charge in [-0.1, -0.05) is 42.5 Å². The van der Waals surface area contributed by atoms with Gasteiger partial charge in [-0.05, 0) is 35.6 Å². The van der Waals surface area contributed by atoms with E-state index < -0.39 is 5.97 Å². The molecule has 4 heteroatoms. The Hall–Kier alpha value is -2.36. The fourth-order valence-corrected chi connectivity index (χ4v) is 3.22. The molecule has 0 unspecified atom stereocenters. The molecule has 0 spiro atoms. The summed E-state index contributed by atoms with van der Waals surface area (Å²) in [4.78, 5) is 23.2. The van der Waals surface area contributed by atoms with E-state index in [-0.39, 0.29) is 17.7 Å². The van der Waals surface area contributed by atoms with E-state index in [4.69, 9.17) is 5.11 Å². The standard InChI is InChI=1S/C18H19NO3/c20-17(13-8-9-14(10-13)18(21)22)19-11-15-6-3-5-12-4-1-2-7-16(12)15/h1-7,13-14H,8-11H2,(H,19,20)(H,21,22)/t13-,14+/m0/s1. The summed E-state index contributed by atoms with van der Waals surface area (Å²) in [6, 6.07) is 14.1. The number of amides is 1. The predicted molar refractivity (Wildman–Crippen MR) is 84.3 cm³/mol. The number of rotatable bonds is 4. The van der Waals surface area contributed by atoms with Crippen LogP contribution in [0.2, 0.25) is 0 Å². The summed E-state index contributed by atoms with van der Waals surface area (Å²) in [6.07, 6.45) is 1.72. The number of carboxylic acid groups (broad SMARTS) is 1. The molecule has 2 atom stereocenters. The van der Waals surface area contributed by atoms with Crippen LogP contribution >= 0.6 is 0 Å². The van der Waals surface area contributed by atoms with Gasteiger partial charge >= 0.3 is 5.97 Å². The Morgan fingerprint density at radius 2 is 1.77 bits per heavy atom. The normalized spacial score (nSPS) is 20.9. The SMILES string of the molecule is O=C(O)[C@@H]1CC[C@H](C(=O)NCc2cccc3ccccc23)C1. The third-order valence-corrected chi connectivity index (χ3v) is 4.49. The van der Waals surface area contributed by atoms with E-state index in [0.29, 0.717) is 25.8 Å². The summed E-state index contributed by atoms with van der Waals surface area (Å²) >= 11 is 0. The van der Waals surface area contributed by atoms with Crippen molar-refractivity contribution in [2.24, 2.45) is 11.8 Å². The van der Waals surface area contributed by atoms with E-state index in [0.717, 1.165) is 16.3 Å². The molecule has 0 heterocycles. The van der Waals surface area contributed by atoms with Crippen molar-refractivity contribution < 1.29 is 14.7 Å². The Balaban J connectivity index is 1.65. The summed E-state index contributed by atoms with van der Waals surface area (Å²) in [7, 11) is 0. The van der Waals surface area contributed by atoms with E-state index in [1.54, 1.807) is 0 Å². The van der Waals surface area contributed by atoms with Crippen molar-refractivity contribution in [2.75, 3.05) is 0 Å². The van der Waals surface area contributed by atoms with Crippen LogP contribution in [0.3, 0.4) is 0 Å². The number of aliphatic carboxylic acids is 1. The lowest BCUT2D eigenvalue weighted by molar-refractivity contribution is -0.141. The van der Waals surface area contributed by atoms with Crippen molar-refractivity contribution in [3.8, 4) is 0 Å². The fourth-order valence-electron chi connectivity index (χ4n) is 3.22. The van der Waals surface area contributed by atoms with Crippen LogP contribution in [0.25, 0.3) is 10.8 Å². The maximum Gasteiger partial charge on any atom is 0.306 e. The number of benzene rings is 2. The van der Waals surface area contributed by atoms with Crippen LogP contribution < -0.4 is 5.32 Å². The van der Waals surface area contributed by atoms with Gasteiger partial charge in [-0.25, -0.2) is 0 Å². The summed E-state index contributed by atoms with van der Waals surface area (Å²) in [5.74, 6) is -1.36. The Bertz CT molecular complexity index is 705. The van der Waals surface area contributed by atoms with Crippen LogP contribution in [0.5, 0.6) is 0 Å². The summed E-state index contributed by atoms with van der Waals surface area (Å²) < 4.78 is 0. The van der Waals surface area contributed by atoms with Gasteiger partial charge in [-0.15, -0.1) is 0 Å². The van der Waals surface area contributed by atoms with Crippen molar-refractivity contribution in [3.63, 3.8) is 0 Å². The van der Waals surface area contributed by atoms with Gasteiger partial charge in [-0.3, -0.25) is 9.59 Å².